The van der Waals surface area contributed by atoms with Crippen molar-refractivity contribution in [3.8, 4) is 0 Å². The van der Waals surface area contributed by atoms with Gasteiger partial charge in [0, 0.05) is 5.56 Å². The SMILES string of the molecule is NS(=O)(=O)c1ccc(N=C(/C=C/c2ccccc2)c2ccccc2)cc1. The van der Waals surface area contributed by atoms with Crippen LogP contribution in [-0.2, 0) is 10.0 Å². The summed E-state index contributed by atoms with van der Waals surface area (Å²) in [5.74, 6) is 0. The first-order chi connectivity index (χ1) is 12.5. The highest BCUT2D eigenvalue weighted by molar-refractivity contribution is 7.89. The molecule has 0 bridgehead atoms. The lowest BCUT2D eigenvalue weighted by atomic mass is 10.1. The number of nitrogens with zero attached hydrogens (tertiary/aromatic N) is 1. The van der Waals surface area contributed by atoms with Crippen LogP contribution in [-0.4, -0.2) is 14.1 Å². The van der Waals surface area contributed by atoms with Crippen LogP contribution >= 0.6 is 0 Å². The number of hydrogen-bond acceptors (Lipinski definition) is 3. The zero-order valence-corrected chi connectivity index (χ0v) is 14.8. The Bertz CT molecular complexity index is 1020. The van der Waals surface area contributed by atoms with E-state index in [4.69, 9.17) is 5.14 Å². The molecular formula is C21H18N2O2S. The van der Waals surface area contributed by atoms with Crippen molar-refractivity contribution in [3.63, 3.8) is 0 Å². The monoisotopic (exact) mass is 362 g/mol. The van der Waals surface area contributed by atoms with Gasteiger partial charge in [-0.05, 0) is 35.9 Å². The molecule has 0 fully saturated rings. The number of aliphatic imine (C=N–C) groups is 1. The fourth-order valence-corrected chi connectivity index (χ4v) is 2.91. The first kappa shape index (κ1) is 17.8. The molecule has 4 nitrogen and oxygen atoms in total. The van der Waals surface area contributed by atoms with Crippen molar-refractivity contribution >= 4 is 27.5 Å². The van der Waals surface area contributed by atoms with Gasteiger partial charge in [0.2, 0.25) is 10.0 Å². The van der Waals surface area contributed by atoms with Crippen molar-refractivity contribution in [1.82, 2.24) is 0 Å². The van der Waals surface area contributed by atoms with E-state index in [2.05, 4.69) is 4.99 Å². The van der Waals surface area contributed by atoms with Gasteiger partial charge in [-0.25, -0.2) is 18.5 Å². The Kier molecular flexibility index (Phi) is 5.41. The third-order valence-corrected chi connectivity index (χ3v) is 4.65. The van der Waals surface area contributed by atoms with E-state index in [0.717, 1.165) is 16.8 Å². The minimum atomic E-state index is -3.71. The second-order valence-electron chi connectivity index (χ2n) is 5.65. The first-order valence-electron chi connectivity index (χ1n) is 8.02. The lowest BCUT2D eigenvalue weighted by molar-refractivity contribution is 0.598. The van der Waals surface area contributed by atoms with Gasteiger partial charge in [0.25, 0.3) is 0 Å². The fourth-order valence-electron chi connectivity index (χ4n) is 2.40. The molecule has 0 aliphatic heterocycles. The predicted molar refractivity (Wildman–Crippen MR) is 106 cm³/mol. The van der Waals surface area contributed by atoms with Crippen molar-refractivity contribution in [1.29, 1.82) is 0 Å². The molecule has 2 N–H and O–H groups in total. The average Bonchev–Trinajstić information content (AvgIpc) is 2.66. The van der Waals surface area contributed by atoms with E-state index in [1.807, 2.05) is 72.8 Å². The van der Waals surface area contributed by atoms with Gasteiger partial charge in [0.15, 0.2) is 0 Å². The van der Waals surface area contributed by atoms with Crippen molar-refractivity contribution < 1.29 is 8.42 Å². The van der Waals surface area contributed by atoms with Crippen LogP contribution in [0.1, 0.15) is 11.1 Å². The first-order valence-corrected chi connectivity index (χ1v) is 9.57. The largest absolute Gasteiger partial charge is 0.248 e. The second-order valence-corrected chi connectivity index (χ2v) is 7.21. The minimum Gasteiger partial charge on any atom is -0.248 e. The molecule has 0 saturated heterocycles. The molecule has 0 radical (unpaired) electrons. The van der Waals surface area contributed by atoms with E-state index in [-0.39, 0.29) is 4.90 Å². The number of hydrogen-bond donors (Lipinski definition) is 1. The van der Waals surface area contributed by atoms with Crippen molar-refractivity contribution in [2.45, 2.75) is 4.90 Å². The summed E-state index contributed by atoms with van der Waals surface area (Å²) in [4.78, 5) is 4.73. The molecule has 0 heterocycles. The third kappa shape index (κ3) is 4.75. The summed E-state index contributed by atoms with van der Waals surface area (Å²) in [6.07, 6.45) is 3.93. The van der Waals surface area contributed by atoms with E-state index in [9.17, 15) is 8.42 Å². The Balaban J connectivity index is 1.98. The van der Waals surface area contributed by atoms with Gasteiger partial charge < -0.3 is 0 Å². The third-order valence-electron chi connectivity index (χ3n) is 3.72. The van der Waals surface area contributed by atoms with Gasteiger partial charge in [0.05, 0.1) is 16.3 Å². The Labute approximate surface area is 153 Å². The molecule has 0 aromatic heterocycles. The molecule has 3 rings (SSSR count). The maximum atomic E-state index is 11.4. The number of rotatable bonds is 5. The molecule has 3 aromatic carbocycles. The lowest BCUT2D eigenvalue weighted by Gasteiger charge is -2.04. The van der Waals surface area contributed by atoms with Gasteiger partial charge >= 0.3 is 0 Å². The van der Waals surface area contributed by atoms with E-state index in [0.29, 0.717) is 5.69 Å². The Morgan fingerprint density at radius 2 is 1.38 bits per heavy atom. The quantitative estimate of drug-likeness (QED) is 0.692. The van der Waals surface area contributed by atoms with Crippen LogP contribution in [0.2, 0.25) is 0 Å². The van der Waals surface area contributed by atoms with Crippen LogP contribution in [0.15, 0.2) is 101 Å². The molecular weight excluding hydrogens is 344 g/mol. The average molecular weight is 362 g/mol. The van der Waals surface area contributed by atoms with E-state index in [1.54, 1.807) is 12.1 Å². The normalized spacial score (nSPS) is 12.4. The van der Waals surface area contributed by atoms with Crippen LogP contribution in [0.25, 0.3) is 6.08 Å². The van der Waals surface area contributed by atoms with Crippen molar-refractivity contribution in [3.05, 3.63) is 102 Å². The highest BCUT2D eigenvalue weighted by atomic mass is 32.2. The summed E-state index contributed by atoms with van der Waals surface area (Å²) >= 11 is 0. The topological polar surface area (TPSA) is 72.5 Å². The van der Waals surface area contributed by atoms with Gasteiger partial charge in [-0.1, -0.05) is 66.7 Å². The van der Waals surface area contributed by atoms with Gasteiger partial charge in [-0.2, -0.15) is 0 Å². The van der Waals surface area contributed by atoms with Crippen LogP contribution in [0.4, 0.5) is 5.69 Å². The van der Waals surface area contributed by atoms with Crippen LogP contribution in [0.5, 0.6) is 0 Å². The summed E-state index contributed by atoms with van der Waals surface area (Å²) < 4.78 is 22.8. The maximum Gasteiger partial charge on any atom is 0.238 e. The van der Waals surface area contributed by atoms with Gasteiger partial charge in [-0.15, -0.1) is 0 Å². The summed E-state index contributed by atoms with van der Waals surface area (Å²) in [6, 6.07) is 25.9. The van der Waals surface area contributed by atoms with Crippen LogP contribution in [0.3, 0.4) is 0 Å². The number of primary sulfonamides is 1. The Morgan fingerprint density at radius 3 is 1.96 bits per heavy atom. The van der Waals surface area contributed by atoms with Crippen LogP contribution < -0.4 is 5.14 Å². The number of nitrogens with two attached hydrogens (primary N) is 1. The molecule has 130 valence electrons. The minimum absolute atomic E-state index is 0.0672. The highest BCUT2D eigenvalue weighted by Crippen LogP contribution is 2.18. The maximum absolute atomic E-state index is 11.4. The highest BCUT2D eigenvalue weighted by Gasteiger charge is 2.07. The van der Waals surface area contributed by atoms with Crippen LogP contribution in [0, 0.1) is 0 Å². The molecule has 0 aliphatic carbocycles. The standard InChI is InChI=1S/C21H18N2O2S/c22-26(24,25)20-14-12-19(13-15-20)23-21(18-9-5-2-6-10-18)16-11-17-7-3-1-4-8-17/h1-16H,(H2,22,24,25)/b16-11+,23-21?. The number of benzene rings is 3. The van der Waals surface area contributed by atoms with E-state index in [1.165, 1.54) is 12.1 Å². The molecule has 0 atom stereocenters. The molecule has 0 aliphatic rings. The summed E-state index contributed by atoms with van der Waals surface area (Å²) in [5.41, 5.74) is 3.46. The molecule has 0 unspecified atom stereocenters. The predicted octanol–water partition coefficient (Wildman–Crippen LogP) is 4.17. The molecule has 0 saturated carbocycles. The molecule has 3 aromatic rings. The Morgan fingerprint density at radius 1 is 0.808 bits per heavy atom. The second kappa shape index (κ2) is 7.91. The molecule has 5 heteroatoms. The van der Waals surface area contributed by atoms with Crippen molar-refractivity contribution in [2.24, 2.45) is 10.1 Å². The summed E-state index contributed by atoms with van der Waals surface area (Å²) in [5, 5.41) is 5.14. The van der Waals surface area contributed by atoms with E-state index >= 15 is 0 Å². The molecule has 0 amide bonds. The zero-order valence-electron chi connectivity index (χ0n) is 14.0. The molecule has 26 heavy (non-hydrogen) atoms. The van der Waals surface area contributed by atoms with Gasteiger partial charge in [0.1, 0.15) is 0 Å². The van der Waals surface area contributed by atoms with Crippen molar-refractivity contribution in [2.75, 3.05) is 0 Å². The lowest BCUT2D eigenvalue weighted by Crippen LogP contribution is -2.11. The zero-order chi connectivity index (χ0) is 18.4. The summed E-state index contributed by atoms with van der Waals surface area (Å²) in [7, 11) is -3.71. The fraction of sp³-hybridized carbons (Fsp3) is 0. The smallest absolute Gasteiger partial charge is 0.238 e. The van der Waals surface area contributed by atoms with E-state index < -0.39 is 10.0 Å². The molecule has 0 spiro atoms. The summed E-state index contributed by atoms with van der Waals surface area (Å²) in [6.45, 7) is 0. The van der Waals surface area contributed by atoms with Gasteiger partial charge in [-0.3, -0.25) is 0 Å². The number of allylic oxidation sites excluding steroid dienone is 1. The number of sulfonamides is 1. The Hall–Kier alpha value is -3.02.